The summed E-state index contributed by atoms with van der Waals surface area (Å²) < 4.78 is 0. The zero-order valence-electron chi connectivity index (χ0n) is 9.96. The van der Waals surface area contributed by atoms with E-state index in [1.807, 2.05) is 13.0 Å². The molecule has 0 radical (unpaired) electrons. The summed E-state index contributed by atoms with van der Waals surface area (Å²) in [6.45, 7) is 4.99. The van der Waals surface area contributed by atoms with Gasteiger partial charge in [-0.3, -0.25) is 4.79 Å². The predicted octanol–water partition coefficient (Wildman–Crippen LogP) is 3.21. The van der Waals surface area contributed by atoms with E-state index in [1.54, 1.807) is 12.2 Å². The molecule has 1 amide bonds. The van der Waals surface area contributed by atoms with Gasteiger partial charge in [-0.05, 0) is 19.3 Å². The number of hydrogen-bond donors (Lipinski definition) is 1. The molecule has 0 aromatic heterocycles. The van der Waals surface area contributed by atoms with E-state index in [0.717, 1.165) is 19.4 Å². The summed E-state index contributed by atoms with van der Waals surface area (Å²) in [5, 5.41) is 2.78. The number of amides is 1. The molecule has 0 aromatic rings. The molecule has 1 N–H and O–H groups in total. The largest absolute Gasteiger partial charge is 0.353 e. The molecule has 2 nitrogen and oxygen atoms in total. The molecule has 0 aliphatic rings. The number of unbranched alkanes of at least 4 members (excludes halogenated alkanes) is 3. The number of allylic oxidation sites excluding steroid dienone is 3. The van der Waals surface area contributed by atoms with E-state index in [2.05, 4.69) is 18.3 Å². The van der Waals surface area contributed by atoms with Crippen LogP contribution in [0.5, 0.6) is 0 Å². The smallest absolute Gasteiger partial charge is 0.243 e. The van der Waals surface area contributed by atoms with Crippen molar-refractivity contribution in [1.29, 1.82) is 0 Å². The Morgan fingerprint density at radius 1 is 1.13 bits per heavy atom. The van der Waals surface area contributed by atoms with Gasteiger partial charge in [-0.2, -0.15) is 0 Å². The Kier molecular flexibility index (Phi) is 10.3. The first-order valence-corrected chi connectivity index (χ1v) is 5.92. The van der Waals surface area contributed by atoms with Gasteiger partial charge in [0.2, 0.25) is 5.91 Å². The normalized spacial score (nSPS) is 11.3. The van der Waals surface area contributed by atoms with Gasteiger partial charge in [-0.1, -0.05) is 44.9 Å². The molecule has 0 heterocycles. The summed E-state index contributed by atoms with van der Waals surface area (Å²) >= 11 is 0. The molecule has 2 heteroatoms. The van der Waals surface area contributed by atoms with Crippen molar-refractivity contribution in [3.63, 3.8) is 0 Å². The lowest BCUT2D eigenvalue weighted by molar-refractivity contribution is -0.116. The van der Waals surface area contributed by atoms with Crippen LogP contribution in [0, 0.1) is 0 Å². The standard InChI is InChI=1S/C13H23NO/c1-3-5-6-7-8-9-10-11-13(15)14-12-4-2/h8-11H,3-7,12H2,1-2H3,(H,14,15)/b9-8?,11-10-. The highest BCUT2D eigenvalue weighted by molar-refractivity contribution is 5.87. The lowest BCUT2D eigenvalue weighted by atomic mass is 10.2. The van der Waals surface area contributed by atoms with Crippen molar-refractivity contribution in [3.05, 3.63) is 24.3 Å². The topological polar surface area (TPSA) is 29.1 Å². The molecular formula is C13H23NO. The molecule has 0 aliphatic carbocycles. The Labute approximate surface area is 93.5 Å². The Morgan fingerprint density at radius 2 is 1.93 bits per heavy atom. The minimum atomic E-state index is -0.00458. The Bertz CT molecular complexity index is 207. The van der Waals surface area contributed by atoms with Crippen LogP contribution in [0.3, 0.4) is 0 Å². The number of hydrogen-bond acceptors (Lipinski definition) is 1. The van der Waals surface area contributed by atoms with Gasteiger partial charge in [0.25, 0.3) is 0 Å². The molecule has 0 aromatic carbocycles. The SMILES string of the molecule is CCCCCC=C/C=C\C(=O)NCCC. The highest BCUT2D eigenvalue weighted by Crippen LogP contribution is 1.99. The lowest BCUT2D eigenvalue weighted by Gasteiger charge is -1.95. The minimum Gasteiger partial charge on any atom is -0.353 e. The summed E-state index contributed by atoms with van der Waals surface area (Å²) in [5.74, 6) is -0.00458. The number of carbonyl (C=O) groups excluding carboxylic acids is 1. The first kappa shape index (κ1) is 13.9. The summed E-state index contributed by atoms with van der Waals surface area (Å²) in [7, 11) is 0. The zero-order chi connectivity index (χ0) is 11.4. The van der Waals surface area contributed by atoms with Crippen LogP contribution in [-0.4, -0.2) is 12.5 Å². The fourth-order valence-corrected chi connectivity index (χ4v) is 1.14. The second-order valence-electron chi connectivity index (χ2n) is 3.57. The van der Waals surface area contributed by atoms with Crippen LogP contribution in [0.4, 0.5) is 0 Å². The third-order valence-corrected chi connectivity index (χ3v) is 2.02. The third kappa shape index (κ3) is 10.9. The minimum absolute atomic E-state index is 0.00458. The molecule has 0 bridgehead atoms. The maximum atomic E-state index is 11.1. The number of carbonyl (C=O) groups is 1. The third-order valence-electron chi connectivity index (χ3n) is 2.02. The molecule has 15 heavy (non-hydrogen) atoms. The maximum Gasteiger partial charge on any atom is 0.243 e. The average Bonchev–Trinajstić information content (AvgIpc) is 2.25. The van der Waals surface area contributed by atoms with Crippen molar-refractivity contribution in [2.45, 2.75) is 46.0 Å². The zero-order valence-corrected chi connectivity index (χ0v) is 9.96. The van der Waals surface area contributed by atoms with Crippen LogP contribution in [-0.2, 0) is 4.79 Å². The monoisotopic (exact) mass is 209 g/mol. The molecule has 0 atom stereocenters. The van der Waals surface area contributed by atoms with E-state index in [9.17, 15) is 4.79 Å². The molecule has 0 unspecified atom stereocenters. The highest BCUT2D eigenvalue weighted by atomic mass is 16.1. The van der Waals surface area contributed by atoms with Crippen LogP contribution in [0.25, 0.3) is 0 Å². The van der Waals surface area contributed by atoms with Crippen molar-refractivity contribution < 1.29 is 4.79 Å². The van der Waals surface area contributed by atoms with Gasteiger partial charge in [0.05, 0.1) is 0 Å². The Hall–Kier alpha value is -1.05. The molecule has 86 valence electrons. The van der Waals surface area contributed by atoms with Crippen LogP contribution in [0.15, 0.2) is 24.3 Å². The second kappa shape index (κ2) is 11.0. The van der Waals surface area contributed by atoms with E-state index < -0.39 is 0 Å². The Morgan fingerprint density at radius 3 is 2.60 bits per heavy atom. The van der Waals surface area contributed by atoms with Gasteiger partial charge in [0.1, 0.15) is 0 Å². The summed E-state index contributed by atoms with van der Waals surface area (Å²) in [4.78, 5) is 11.1. The van der Waals surface area contributed by atoms with Gasteiger partial charge in [0.15, 0.2) is 0 Å². The van der Waals surface area contributed by atoms with Gasteiger partial charge in [-0.15, -0.1) is 0 Å². The summed E-state index contributed by atoms with van der Waals surface area (Å²) in [6, 6.07) is 0. The molecular weight excluding hydrogens is 186 g/mol. The van der Waals surface area contributed by atoms with Crippen molar-refractivity contribution in [2.75, 3.05) is 6.54 Å². The van der Waals surface area contributed by atoms with Gasteiger partial charge in [0, 0.05) is 12.6 Å². The molecule has 0 saturated carbocycles. The Balaban J connectivity index is 3.46. The van der Waals surface area contributed by atoms with E-state index >= 15 is 0 Å². The first-order chi connectivity index (χ1) is 7.31. The fourth-order valence-electron chi connectivity index (χ4n) is 1.14. The lowest BCUT2D eigenvalue weighted by Crippen LogP contribution is -2.21. The molecule has 0 spiro atoms. The second-order valence-corrected chi connectivity index (χ2v) is 3.57. The fraction of sp³-hybridized carbons (Fsp3) is 0.615. The number of rotatable bonds is 8. The van der Waals surface area contributed by atoms with Crippen molar-refractivity contribution in [2.24, 2.45) is 0 Å². The van der Waals surface area contributed by atoms with Crippen LogP contribution >= 0.6 is 0 Å². The maximum absolute atomic E-state index is 11.1. The molecule has 0 saturated heterocycles. The first-order valence-electron chi connectivity index (χ1n) is 5.92. The van der Waals surface area contributed by atoms with Crippen molar-refractivity contribution in [1.82, 2.24) is 5.32 Å². The van der Waals surface area contributed by atoms with Crippen LogP contribution in [0.1, 0.15) is 46.0 Å². The van der Waals surface area contributed by atoms with Crippen molar-refractivity contribution >= 4 is 5.91 Å². The van der Waals surface area contributed by atoms with Crippen molar-refractivity contribution in [3.8, 4) is 0 Å². The predicted molar refractivity (Wildman–Crippen MR) is 65.7 cm³/mol. The van der Waals surface area contributed by atoms with E-state index in [1.165, 1.54) is 19.3 Å². The molecule has 0 rings (SSSR count). The van der Waals surface area contributed by atoms with Crippen LogP contribution in [0.2, 0.25) is 0 Å². The summed E-state index contributed by atoms with van der Waals surface area (Å²) in [5.41, 5.74) is 0. The molecule has 0 aliphatic heterocycles. The van der Waals surface area contributed by atoms with E-state index in [0.29, 0.717) is 0 Å². The highest BCUT2D eigenvalue weighted by Gasteiger charge is 1.89. The quantitative estimate of drug-likeness (QED) is 0.371. The average molecular weight is 209 g/mol. The van der Waals surface area contributed by atoms with Gasteiger partial charge >= 0.3 is 0 Å². The summed E-state index contributed by atoms with van der Waals surface area (Å²) in [6.07, 6.45) is 13.3. The van der Waals surface area contributed by atoms with E-state index in [4.69, 9.17) is 0 Å². The van der Waals surface area contributed by atoms with E-state index in [-0.39, 0.29) is 5.91 Å². The molecule has 0 fully saturated rings. The number of nitrogens with one attached hydrogen (secondary N) is 1. The van der Waals surface area contributed by atoms with Gasteiger partial charge in [-0.25, -0.2) is 0 Å². The van der Waals surface area contributed by atoms with Gasteiger partial charge < -0.3 is 5.32 Å². The van der Waals surface area contributed by atoms with Crippen LogP contribution < -0.4 is 5.32 Å².